The molecule has 0 heterocycles. The van der Waals surface area contributed by atoms with Crippen LogP contribution in [0.3, 0.4) is 0 Å². The third-order valence-corrected chi connectivity index (χ3v) is 9.32. The molecular formula is C31H36Cl3N3O6S. The van der Waals surface area contributed by atoms with E-state index in [-0.39, 0.29) is 40.2 Å². The van der Waals surface area contributed by atoms with Crippen molar-refractivity contribution in [2.75, 3.05) is 25.1 Å². The Balaban J connectivity index is 2.12. The Kier molecular flexibility index (Phi) is 11.8. The predicted octanol–water partition coefficient (Wildman–Crippen LogP) is 6.58. The molecule has 0 radical (unpaired) electrons. The second-order valence-corrected chi connectivity index (χ2v) is 14.1. The van der Waals surface area contributed by atoms with E-state index in [1.807, 2.05) is 20.8 Å². The third kappa shape index (κ3) is 8.72. The number of hydrogen-bond acceptors (Lipinski definition) is 6. The van der Waals surface area contributed by atoms with Gasteiger partial charge in [-0.2, -0.15) is 0 Å². The number of nitrogens with zero attached hydrogens (tertiary/aromatic N) is 2. The molecule has 0 saturated carbocycles. The first-order valence-electron chi connectivity index (χ1n) is 13.7. The molecule has 44 heavy (non-hydrogen) atoms. The molecule has 0 bridgehead atoms. The smallest absolute Gasteiger partial charge is 0.264 e. The van der Waals surface area contributed by atoms with Crippen LogP contribution in [0.15, 0.2) is 65.6 Å². The van der Waals surface area contributed by atoms with Crippen LogP contribution in [-0.2, 0) is 26.2 Å². The van der Waals surface area contributed by atoms with Crippen molar-refractivity contribution in [3.8, 4) is 11.5 Å². The summed E-state index contributed by atoms with van der Waals surface area (Å²) in [5, 5.41) is 3.93. The molecule has 1 atom stereocenters. The summed E-state index contributed by atoms with van der Waals surface area (Å²) < 4.78 is 39.9. The first kappa shape index (κ1) is 35.3. The number of nitrogens with one attached hydrogen (secondary N) is 1. The van der Waals surface area contributed by atoms with E-state index < -0.39 is 34.1 Å². The molecule has 0 aliphatic carbocycles. The molecule has 0 spiro atoms. The van der Waals surface area contributed by atoms with Crippen LogP contribution < -0.4 is 19.1 Å². The summed E-state index contributed by atoms with van der Waals surface area (Å²) in [4.78, 5) is 28.9. The van der Waals surface area contributed by atoms with Crippen molar-refractivity contribution in [3.05, 3.63) is 81.3 Å². The quantitative estimate of drug-likeness (QED) is 0.231. The van der Waals surface area contributed by atoms with Gasteiger partial charge < -0.3 is 19.7 Å². The zero-order valence-corrected chi connectivity index (χ0v) is 28.4. The Hall–Kier alpha value is -3.18. The second kappa shape index (κ2) is 14.7. The van der Waals surface area contributed by atoms with Gasteiger partial charge in [0.05, 0.1) is 34.8 Å². The molecule has 0 aliphatic rings. The SMILES string of the molecule is CCC(C(=O)NC(C)(C)C)N(Cc1ccc(Cl)c(Cl)c1)C(=O)CN(c1ccc(Cl)cc1)S(=O)(=O)c1ccc(OC)c(OC)c1. The van der Waals surface area contributed by atoms with Gasteiger partial charge in [0.25, 0.3) is 10.0 Å². The fraction of sp³-hybridized carbons (Fsp3) is 0.355. The second-order valence-electron chi connectivity index (χ2n) is 10.9. The topological polar surface area (TPSA) is 105 Å². The standard InChI is InChI=1S/C31H36Cl3N3O6S/c1-7-26(30(39)35-31(2,3)4)36(18-20-8-14-24(33)25(34)16-20)29(38)19-37(22-11-9-21(32)10-12-22)44(40,41)23-13-15-27(42-5)28(17-23)43-6/h8-17,26H,7,18-19H2,1-6H3,(H,35,39). The van der Waals surface area contributed by atoms with Crippen molar-refractivity contribution >= 4 is 62.3 Å². The van der Waals surface area contributed by atoms with Gasteiger partial charge in [-0.15, -0.1) is 0 Å². The van der Waals surface area contributed by atoms with E-state index in [4.69, 9.17) is 44.3 Å². The highest BCUT2D eigenvalue weighted by Crippen LogP contribution is 2.33. The molecule has 13 heteroatoms. The molecule has 1 unspecified atom stereocenters. The summed E-state index contributed by atoms with van der Waals surface area (Å²) in [6.07, 6.45) is 0.262. The van der Waals surface area contributed by atoms with Crippen LogP contribution in [-0.4, -0.2) is 57.5 Å². The van der Waals surface area contributed by atoms with Crippen LogP contribution in [0.4, 0.5) is 5.69 Å². The van der Waals surface area contributed by atoms with E-state index in [9.17, 15) is 18.0 Å². The number of sulfonamides is 1. The number of benzene rings is 3. The summed E-state index contributed by atoms with van der Waals surface area (Å²) >= 11 is 18.5. The van der Waals surface area contributed by atoms with Crippen LogP contribution in [0.2, 0.25) is 15.1 Å². The highest BCUT2D eigenvalue weighted by Gasteiger charge is 2.35. The Morgan fingerprint density at radius 3 is 2.07 bits per heavy atom. The molecule has 0 aromatic heterocycles. The lowest BCUT2D eigenvalue weighted by molar-refractivity contribution is -0.141. The highest BCUT2D eigenvalue weighted by molar-refractivity contribution is 7.92. The molecule has 3 rings (SSSR count). The number of hydrogen-bond donors (Lipinski definition) is 1. The van der Waals surface area contributed by atoms with Gasteiger partial charge in [-0.3, -0.25) is 13.9 Å². The lowest BCUT2D eigenvalue weighted by Gasteiger charge is -2.35. The van der Waals surface area contributed by atoms with Gasteiger partial charge in [0.2, 0.25) is 11.8 Å². The van der Waals surface area contributed by atoms with E-state index in [2.05, 4.69) is 5.32 Å². The van der Waals surface area contributed by atoms with E-state index in [1.54, 1.807) is 25.1 Å². The van der Waals surface area contributed by atoms with E-state index in [1.165, 1.54) is 61.6 Å². The van der Waals surface area contributed by atoms with Crippen LogP contribution >= 0.6 is 34.8 Å². The number of methoxy groups -OCH3 is 2. The normalized spacial score (nSPS) is 12.3. The fourth-order valence-corrected chi connectivity index (χ4v) is 6.32. The molecule has 1 N–H and O–H groups in total. The van der Waals surface area contributed by atoms with Gasteiger partial charge in [-0.1, -0.05) is 47.8 Å². The molecule has 9 nitrogen and oxygen atoms in total. The number of rotatable bonds is 12. The largest absolute Gasteiger partial charge is 0.493 e. The molecule has 0 saturated heterocycles. The van der Waals surface area contributed by atoms with E-state index >= 15 is 0 Å². The summed E-state index contributed by atoms with van der Waals surface area (Å²) in [6.45, 7) is 6.62. The van der Waals surface area contributed by atoms with Gasteiger partial charge in [-0.25, -0.2) is 8.42 Å². The van der Waals surface area contributed by atoms with Gasteiger partial charge in [-0.05, 0) is 81.3 Å². The summed E-state index contributed by atoms with van der Waals surface area (Å²) in [5.74, 6) is -0.466. The maximum atomic E-state index is 14.2. The zero-order chi connectivity index (χ0) is 32.8. The van der Waals surface area contributed by atoms with Crippen molar-refractivity contribution in [3.63, 3.8) is 0 Å². The Bertz CT molecular complexity index is 1590. The van der Waals surface area contributed by atoms with Crippen LogP contribution in [0.5, 0.6) is 11.5 Å². The Morgan fingerprint density at radius 2 is 1.52 bits per heavy atom. The molecule has 3 aromatic carbocycles. The average molecular weight is 685 g/mol. The van der Waals surface area contributed by atoms with Gasteiger partial charge in [0.1, 0.15) is 12.6 Å². The number of carbonyl (C=O) groups excluding carboxylic acids is 2. The van der Waals surface area contributed by atoms with Gasteiger partial charge in [0, 0.05) is 23.2 Å². The third-order valence-electron chi connectivity index (χ3n) is 6.56. The molecule has 2 amide bonds. The number of halogens is 3. The van der Waals surface area contributed by atoms with Crippen LogP contribution in [0, 0.1) is 0 Å². The van der Waals surface area contributed by atoms with Crippen molar-refractivity contribution in [1.29, 1.82) is 0 Å². The zero-order valence-electron chi connectivity index (χ0n) is 25.4. The van der Waals surface area contributed by atoms with Crippen molar-refractivity contribution in [2.45, 2.75) is 57.1 Å². The summed E-state index contributed by atoms with van der Waals surface area (Å²) in [6, 6.07) is 14.2. The van der Waals surface area contributed by atoms with Crippen LogP contribution in [0.25, 0.3) is 0 Å². The monoisotopic (exact) mass is 683 g/mol. The molecule has 0 aliphatic heterocycles. The number of anilines is 1. The molecular weight excluding hydrogens is 649 g/mol. The van der Waals surface area contributed by atoms with Gasteiger partial charge >= 0.3 is 0 Å². The molecule has 0 fully saturated rings. The average Bonchev–Trinajstić information content (AvgIpc) is 2.96. The Morgan fingerprint density at radius 1 is 0.886 bits per heavy atom. The lowest BCUT2D eigenvalue weighted by atomic mass is 10.1. The molecule has 238 valence electrons. The summed E-state index contributed by atoms with van der Waals surface area (Å²) in [7, 11) is -1.52. The van der Waals surface area contributed by atoms with Crippen LogP contribution in [0.1, 0.15) is 39.7 Å². The first-order chi connectivity index (χ1) is 20.6. The van der Waals surface area contributed by atoms with Gasteiger partial charge in [0.15, 0.2) is 11.5 Å². The molecule has 3 aromatic rings. The van der Waals surface area contributed by atoms with E-state index in [0.29, 0.717) is 21.4 Å². The number of carbonyl (C=O) groups is 2. The van der Waals surface area contributed by atoms with Crippen molar-refractivity contribution < 1.29 is 27.5 Å². The number of amides is 2. The minimum atomic E-state index is -4.35. The minimum Gasteiger partial charge on any atom is -0.493 e. The number of ether oxygens (including phenoxy) is 2. The minimum absolute atomic E-state index is 0.0311. The maximum absolute atomic E-state index is 14.2. The maximum Gasteiger partial charge on any atom is 0.264 e. The predicted molar refractivity (Wildman–Crippen MR) is 175 cm³/mol. The lowest BCUT2D eigenvalue weighted by Crippen LogP contribution is -2.55. The summed E-state index contributed by atoms with van der Waals surface area (Å²) in [5.41, 5.74) is 0.226. The van der Waals surface area contributed by atoms with Crippen molar-refractivity contribution in [1.82, 2.24) is 10.2 Å². The highest BCUT2D eigenvalue weighted by atomic mass is 35.5. The Labute approximate surface area is 274 Å². The first-order valence-corrected chi connectivity index (χ1v) is 16.2. The van der Waals surface area contributed by atoms with Crippen molar-refractivity contribution in [2.24, 2.45) is 0 Å². The fourth-order valence-electron chi connectivity index (χ4n) is 4.45. The van der Waals surface area contributed by atoms with E-state index in [0.717, 1.165) is 4.31 Å².